The molecule has 5 heteroatoms. The van der Waals surface area contributed by atoms with Crippen LogP contribution in [0, 0.1) is 0 Å². The Bertz CT molecular complexity index is 779. The van der Waals surface area contributed by atoms with E-state index < -0.39 is 0 Å². The first-order valence-electron chi connectivity index (χ1n) is 7.47. The second kappa shape index (κ2) is 5.26. The number of imidazole rings is 1. The molecule has 110 valence electrons. The average molecular weight is 292 g/mol. The molecule has 0 saturated carbocycles. The number of likely N-dealkylation sites (tertiary alicyclic amines) is 1. The van der Waals surface area contributed by atoms with E-state index in [9.17, 15) is 4.79 Å². The summed E-state index contributed by atoms with van der Waals surface area (Å²) in [6.45, 7) is 0.770. The number of nitrogens with zero attached hydrogens (tertiary/aromatic N) is 4. The maximum absolute atomic E-state index is 12.8. The fraction of sp³-hybridized carbons (Fsp3) is 0.235. The molecule has 5 nitrogen and oxygen atoms in total. The van der Waals surface area contributed by atoms with E-state index >= 15 is 0 Å². The third-order valence-corrected chi connectivity index (χ3v) is 4.17. The molecule has 1 saturated heterocycles. The number of rotatable bonds is 2. The van der Waals surface area contributed by atoms with E-state index in [-0.39, 0.29) is 11.9 Å². The van der Waals surface area contributed by atoms with Crippen LogP contribution in [0.2, 0.25) is 0 Å². The Labute approximate surface area is 128 Å². The molecule has 0 bridgehead atoms. The van der Waals surface area contributed by atoms with Gasteiger partial charge in [-0.05, 0) is 36.6 Å². The third kappa shape index (κ3) is 2.15. The van der Waals surface area contributed by atoms with E-state index in [4.69, 9.17) is 0 Å². The maximum Gasteiger partial charge on any atom is 0.274 e. The minimum atomic E-state index is -0.00458. The Balaban J connectivity index is 1.66. The number of pyridine rings is 2. The van der Waals surface area contributed by atoms with Gasteiger partial charge in [-0.25, -0.2) is 4.98 Å². The van der Waals surface area contributed by atoms with Crippen molar-refractivity contribution in [3.63, 3.8) is 0 Å². The Kier molecular flexibility index (Phi) is 3.11. The van der Waals surface area contributed by atoms with E-state index in [0.29, 0.717) is 5.69 Å². The molecule has 22 heavy (non-hydrogen) atoms. The van der Waals surface area contributed by atoms with Gasteiger partial charge in [-0.2, -0.15) is 0 Å². The number of hydrogen-bond acceptors (Lipinski definition) is 3. The average Bonchev–Trinajstić information content (AvgIpc) is 3.21. The highest BCUT2D eigenvalue weighted by atomic mass is 16.2. The van der Waals surface area contributed by atoms with Crippen molar-refractivity contribution in [2.75, 3.05) is 6.54 Å². The standard InChI is InChI=1S/C17H16N4O/c22-17(14-12-20-9-2-1-7-16(20)19-14)21-10-4-6-15(21)13-5-3-8-18-11-13/h1-3,5,7-9,11-12,15H,4,6,10H2. The van der Waals surface area contributed by atoms with Crippen LogP contribution in [-0.4, -0.2) is 31.7 Å². The molecule has 3 aromatic heterocycles. The molecule has 1 amide bonds. The fourth-order valence-corrected chi connectivity index (χ4v) is 3.11. The molecule has 1 atom stereocenters. The lowest BCUT2D eigenvalue weighted by molar-refractivity contribution is 0.0730. The van der Waals surface area contributed by atoms with E-state index in [1.165, 1.54) is 0 Å². The molecule has 0 N–H and O–H groups in total. The first-order valence-corrected chi connectivity index (χ1v) is 7.47. The van der Waals surface area contributed by atoms with Gasteiger partial charge >= 0.3 is 0 Å². The SMILES string of the molecule is O=C(c1cn2ccccc2n1)N1CCCC1c1cccnc1. The van der Waals surface area contributed by atoms with Crippen molar-refractivity contribution in [1.82, 2.24) is 19.3 Å². The Hall–Kier alpha value is -2.69. The van der Waals surface area contributed by atoms with Gasteiger partial charge in [0.1, 0.15) is 11.3 Å². The fourth-order valence-electron chi connectivity index (χ4n) is 3.11. The van der Waals surface area contributed by atoms with Crippen LogP contribution < -0.4 is 0 Å². The molecule has 0 aromatic carbocycles. The summed E-state index contributed by atoms with van der Waals surface area (Å²) in [6.07, 6.45) is 9.30. The first kappa shape index (κ1) is 13.0. The Morgan fingerprint density at radius 2 is 2.18 bits per heavy atom. The zero-order valence-electron chi connectivity index (χ0n) is 12.1. The molecule has 1 fully saturated rings. The van der Waals surface area contributed by atoms with Crippen LogP contribution in [0.5, 0.6) is 0 Å². The molecule has 0 radical (unpaired) electrons. The maximum atomic E-state index is 12.8. The second-order valence-corrected chi connectivity index (χ2v) is 5.54. The molecule has 0 spiro atoms. The van der Waals surface area contributed by atoms with E-state index in [0.717, 1.165) is 30.6 Å². The van der Waals surface area contributed by atoms with Crippen molar-refractivity contribution in [2.24, 2.45) is 0 Å². The molecule has 0 aliphatic carbocycles. The van der Waals surface area contributed by atoms with Crippen molar-refractivity contribution in [3.8, 4) is 0 Å². The predicted octanol–water partition coefficient (Wildman–Crippen LogP) is 2.71. The van der Waals surface area contributed by atoms with Crippen LogP contribution in [0.3, 0.4) is 0 Å². The zero-order chi connectivity index (χ0) is 14.9. The van der Waals surface area contributed by atoms with Gasteiger partial charge in [0.05, 0.1) is 6.04 Å². The number of carbonyl (C=O) groups is 1. The first-order chi connectivity index (χ1) is 10.8. The summed E-state index contributed by atoms with van der Waals surface area (Å²) < 4.78 is 1.88. The lowest BCUT2D eigenvalue weighted by Gasteiger charge is -2.23. The largest absolute Gasteiger partial charge is 0.330 e. The Morgan fingerprint density at radius 1 is 1.23 bits per heavy atom. The number of fused-ring (bicyclic) bond motifs is 1. The quantitative estimate of drug-likeness (QED) is 0.729. The highest BCUT2D eigenvalue weighted by Gasteiger charge is 2.31. The smallest absolute Gasteiger partial charge is 0.274 e. The van der Waals surface area contributed by atoms with Crippen molar-refractivity contribution >= 4 is 11.6 Å². The van der Waals surface area contributed by atoms with Gasteiger partial charge < -0.3 is 9.30 Å². The monoisotopic (exact) mass is 292 g/mol. The molecule has 1 unspecified atom stereocenters. The van der Waals surface area contributed by atoms with Crippen molar-refractivity contribution in [3.05, 3.63) is 66.4 Å². The van der Waals surface area contributed by atoms with Gasteiger partial charge in [0, 0.05) is 31.3 Å². The van der Waals surface area contributed by atoms with Crippen LogP contribution in [-0.2, 0) is 0 Å². The highest BCUT2D eigenvalue weighted by Crippen LogP contribution is 2.32. The number of hydrogen-bond donors (Lipinski definition) is 0. The van der Waals surface area contributed by atoms with Gasteiger partial charge in [-0.15, -0.1) is 0 Å². The van der Waals surface area contributed by atoms with Crippen molar-refractivity contribution in [2.45, 2.75) is 18.9 Å². The van der Waals surface area contributed by atoms with Crippen molar-refractivity contribution in [1.29, 1.82) is 0 Å². The number of carbonyl (C=O) groups excluding carboxylic acids is 1. The molecule has 3 aromatic rings. The van der Waals surface area contributed by atoms with E-state index in [1.54, 1.807) is 12.4 Å². The summed E-state index contributed by atoms with van der Waals surface area (Å²) >= 11 is 0. The molecule has 4 heterocycles. The van der Waals surface area contributed by atoms with Crippen LogP contribution in [0.4, 0.5) is 0 Å². The Morgan fingerprint density at radius 3 is 3.00 bits per heavy atom. The third-order valence-electron chi connectivity index (χ3n) is 4.17. The van der Waals surface area contributed by atoms with Crippen molar-refractivity contribution < 1.29 is 4.79 Å². The van der Waals surface area contributed by atoms with Gasteiger partial charge in [0.2, 0.25) is 0 Å². The van der Waals surface area contributed by atoms with Gasteiger partial charge in [-0.3, -0.25) is 9.78 Å². The van der Waals surface area contributed by atoms with Crippen LogP contribution in [0.25, 0.3) is 5.65 Å². The number of aromatic nitrogens is 3. The molecular weight excluding hydrogens is 276 g/mol. The summed E-state index contributed by atoms with van der Waals surface area (Å²) in [4.78, 5) is 23.4. The molecule has 4 rings (SSSR count). The van der Waals surface area contributed by atoms with Gasteiger partial charge in [-0.1, -0.05) is 12.1 Å². The summed E-state index contributed by atoms with van der Waals surface area (Å²) in [5, 5.41) is 0. The zero-order valence-corrected chi connectivity index (χ0v) is 12.1. The number of amides is 1. The summed E-state index contributed by atoms with van der Waals surface area (Å²) in [5.41, 5.74) is 2.39. The predicted molar refractivity (Wildman–Crippen MR) is 82.4 cm³/mol. The minimum absolute atomic E-state index is 0.00458. The molecule has 1 aliphatic rings. The lowest BCUT2D eigenvalue weighted by atomic mass is 10.1. The highest BCUT2D eigenvalue weighted by molar-refractivity contribution is 5.93. The molecular formula is C17H16N4O. The van der Waals surface area contributed by atoms with E-state index in [1.807, 2.05) is 52.0 Å². The lowest BCUT2D eigenvalue weighted by Crippen LogP contribution is -2.30. The van der Waals surface area contributed by atoms with Gasteiger partial charge in [0.25, 0.3) is 5.91 Å². The topological polar surface area (TPSA) is 50.5 Å². The summed E-state index contributed by atoms with van der Waals surface area (Å²) in [5.74, 6) is -0.00458. The minimum Gasteiger partial charge on any atom is -0.330 e. The van der Waals surface area contributed by atoms with Gasteiger partial charge in [0.15, 0.2) is 0 Å². The second-order valence-electron chi connectivity index (χ2n) is 5.54. The van der Waals surface area contributed by atoms with Crippen LogP contribution in [0.15, 0.2) is 55.1 Å². The summed E-state index contributed by atoms with van der Waals surface area (Å²) in [7, 11) is 0. The van der Waals surface area contributed by atoms with Crippen LogP contribution in [0.1, 0.15) is 34.9 Å². The van der Waals surface area contributed by atoms with Crippen LogP contribution >= 0.6 is 0 Å². The summed E-state index contributed by atoms with van der Waals surface area (Å²) in [6, 6.07) is 9.81. The molecule has 1 aliphatic heterocycles. The normalized spacial score (nSPS) is 18.0. The van der Waals surface area contributed by atoms with E-state index in [2.05, 4.69) is 9.97 Å².